The Kier molecular flexibility index (Phi) is 6.81. The van der Waals surface area contributed by atoms with E-state index >= 15 is 0 Å². The van der Waals surface area contributed by atoms with Crippen LogP contribution in [-0.2, 0) is 9.59 Å². The summed E-state index contributed by atoms with van der Waals surface area (Å²) in [6.45, 7) is 14.1. The van der Waals surface area contributed by atoms with Gasteiger partial charge in [-0.05, 0) is 87.0 Å². The van der Waals surface area contributed by atoms with Crippen LogP contribution >= 0.6 is 0 Å². The van der Waals surface area contributed by atoms with Crippen LogP contribution in [0.25, 0.3) is 0 Å². The van der Waals surface area contributed by atoms with E-state index in [2.05, 4.69) is 66.0 Å². The van der Waals surface area contributed by atoms with Gasteiger partial charge in [-0.2, -0.15) is 0 Å². The molecule has 5 aliphatic rings. The van der Waals surface area contributed by atoms with Gasteiger partial charge in [-0.25, -0.2) is 4.98 Å². The molecule has 0 radical (unpaired) electrons. The topological polar surface area (TPSA) is 65.5 Å². The average Bonchev–Trinajstić information content (AvgIpc) is 3.20. The molecule has 6 rings (SSSR count). The molecule has 3 fully saturated rings. The van der Waals surface area contributed by atoms with Crippen LogP contribution in [-0.4, -0.2) is 60.7 Å². The zero-order valence-electron chi connectivity index (χ0n) is 24.1. The summed E-state index contributed by atoms with van der Waals surface area (Å²) in [7, 11) is 0. The van der Waals surface area contributed by atoms with Crippen LogP contribution in [0, 0.1) is 34.5 Å². The van der Waals surface area contributed by atoms with Gasteiger partial charge in [0, 0.05) is 50.3 Å². The Bertz CT molecular complexity index is 1240. The van der Waals surface area contributed by atoms with Crippen molar-refractivity contribution in [2.75, 3.05) is 49.5 Å². The average molecular weight is 529 g/mol. The number of hydrogen-bond acceptors (Lipinski definition) is 6. The molecule has 6 atom stereocenters. The molecule has 4 aliphatic carbocycles. The number of carbonyl (C=O) groups excluding carboxylic acids is 2. The van der Waals surface area contributed by atoms with Gasteiger partial charge in [0.25, 0.3) is 0 Å². The quantitative estimate of drug-likeness (QED) is 0.506. The fourth-order valence-electron chi connectivity index (χ4n) is 8.99. The van der Waals surface area contributed by atoms with E-state index < -0.39 is 0 Å². The number of pyridine rings is 1. The summed E-state index contributed by atoms with van der Waals surface area (Å²) >= 11 is 0. The number of ketones is 2. The van der Waals surface area contributed by atoms with Crippen LogP contribution < -0.4 is 10.2 Å². The molecule has 1 aromatic heterocycles. The van der Waals surface area contributed by atoms with E-state index in [-0.39, 0.29) is 22.5 Å². The summed E-state index contributed by atoms with van der Waals surface area (Å²) in [5, 5.41) is 3.43. The minimum Gasteiger partial charge on any atom is -0.382 e. The zero-order chi connectivity index (χ0) is 27.4. The molecule has 1 N–H and O–H groups in total. The van der Waals surface area contributed by atoms with Gasteiger partial charge in [-0.3, -0.25) is 14.5 Å². The summed E-state index contributed by atoms with van der Waals surface area (Å²) in [5.41, 5.74) is 3.77. The van der Waals surface area contributed by atoms with Gasteiger partial charge in [-0.1, -0.05) is 37.1 Å². The summed E-state index contributed by atoms with van der Waals surface area (Å²) in [5.74, 6) is 3.16. The maximum absolute atomic E-state index is 14.0. The molecule has 2 saturated carbocycles. The van der Waals surface area contributed by atoms with E-state index in [0.29, 0.717) is 30.1 Å². The minimum atomic E-state index is -0.122. The van der Waals surface area contributed by atoms with Gasteiger partial charge in [-0.15, -0.1) is 0 Å². The van der Waals surface area contributed by atoms with Crippen molar-refractivity contribution in [2.45, 2.75) is 53.4 Å². The monoisotopic (exact) mass is 528 g/mol. The third-order valence-corrected chi connectivity index (χ3v) is 10.8. The maximum Gasteiger partial charge on any atom is 0.178 e. The third kappa shape index (κ3) is 4.39. The van der Waals surface area contributed by atoms with Gasteiger partial charge in [0.2, 0.25) is 0 Å². The van der Waals surface area contributed by atoms with Crippen molar-refractivity contribution in [3.63, 3.8) is 0 Å². The predicted molar refractivity (Wildman–Crippen MR) is 157 cm³/mol. The highest BCUT2D eigenvalue weighted by Gasteiger charge is 2.59. The molecule has 0 spiro atoms. The number of hydrogen-bond donors (Lipinski definition) is 1. The molecule has 0 aromatic carbocycles. The molecular weight excluding hydrogens is 484 g/mol. The maximum atomic E-state index is 14.0. The number of Topliss-reactive ketones (excluding diaryl/α,β-unsaturated/α-hetero) is 1. The number of nitrogens with zero attached hydrogens (tertiary/aromatic N) is 3. The summed E-state index contributed by atoms with van der Waals surface area (Å²) < 4.78 is 0. The van der Waals surface area contributed by atoms with Crippen molar-refractivity contribution in [2.24, 2.45) is 34.5 Å². The van der Waals surface area contributed by atoms with Crippen LogP contribution in [0.15, 0.2) is 53.8 Å². The standard InChI is InChI=1S/C33H44N4O2/c1-5-34-28-7-6-14-35-31(28)37-17-15-36(16-18-37)21-29(39)30-22(2)19-27-25-9-8-23-20-24(38)10-12-32(23,3)26(25)11-13-33(27,30)4/h6-7,10-12,14,20,22,25,27,30,34H,5,8-9,13,15-19,21H2,1-4H3/t22-,25?,27?,30-,32?,33?/m1/s1. The predicted octanol–water partition coefficient (Wildman–Crippen LogP) is 5.29. The molecule has 6 nitrogen and oxygen atoms in total. The molecule has 0 amide bonds. The van der Waals surface area contributed by atoms with Crippen molar-refractivity contribution in [3.8, 4) is 0 Å². The Morgan fingerprint density at radius 3 is 2.77 bits per heavy atom. The van der Waals surface area contributed by atoms with Gasteiger partial charge < -0.3 is 10.2 Å². The van der Waals surface area contributed by atoms with Gasteiger partial charge >= 0.3 is 0 Å². The SMILES string of the molecule is CCNc1cccnc1N1CCN(CC(=O)[C@H]2[C@H](C)CC3C4CCC5=CC(=O)C=CC5(C)C4=CCC32C)CC1. The van der Waals surface area contributed by atoms with E-state index in [9.17, 15) is 9.59 Å². The highest BCUT2D eigenvalue weighted by Crippen LogP contribution is 2.65. The number of anilines is 2. The summed E-state index contributed by atoms with van der Waals surface area (Å²) in [6, 6.07) is 4.07. The lowest BCUT2D eigenvalue weighted by Crippen LogP contribution is -2.51. The molecule has 1 aromatic rings. The Balaban J connectivity index is 1.14. The molecule has 6 heteroatoms. The second-order valence-corrected chi connectivity index (χ2v) is 13.1. The van der Waals surface area contributed by atoms with Gasteiger partial charge in [0.05, 0.1) is 12.2 Å². The largest absolute Gasteiger partial charge is 0.382 e. The van der Waals surface area contributed by atoms with E-state index in [4.69, 9.17) is 0 Å². The molecule has 208 valence electrons. The Morgan fingerprint density at radius 1 is 1.21 bits per heavy atom. The molecule has 2 heterocycles. The Morgan fingerprint density at radius 2 is 2.00 bits per heavy atom. The highest BCUT2D eigenvalue weighted by molar-refractivity contribution is 6.01. The van der Waals surface area contributed by atoms with E-state index in [0.717, 1.165) is 69.9 Å². The van der Waals surface area contributed by atoms with Crippen LogP contribution in [0.1, 0.15) is 53.4 Å². The summed E-state index contributed by atoms with van der Waals surface area (Å²) in [4.78, 5) is 35.4. The summed E-state index contributed by atoms with van der Waals surface area (Å²) in [6.07, 6.45) is 14.3. The van der Waals surface area contributed by atoms with Crippen molar-refractivity contribution in [3.05, 3.63) is 53.8 Å². The van der Waals surface area contributed by atoms with Crippen LogP contribution in [0.2, 0.25) is 0 Å². The smallest absolute Gasteiger partial charge is 0.178 e. The molecule has 39 heavy (non-hydrogen) atoms. The van der Waals surface area contributed by atoms with Crippen molar-refractivity contribution in [1.29, 1.82) is 0 Å². The molecule has 1 aliphatic heterocycles. The number of rotatable bonds is 6. The Hall–Kier alpha value is -2.73. The second kappa shape index (κ2) is 10.0. The third-order valence-electron chi connectivity index (χ3n) is 10.8. The lowest BCUT2D eigenvalue weighted by Gasteiger charge is -2.52. The number of fused-ring (bicyclic) bond motifs is 5. The number of nitrogens with one attached hydrogen (secondary N) is 1. The first-order valence-corrected chi connectivity index (χ1v) is 15.1. The number of allylic oxidation sites excluding steroid dienone is 6. The molecule has 4 unspecified atom stereocenters. The van der Waals surface area contributed by atoms with E-state index in [1.54, 1.807) is 6.08 Å². The first-order valence-electron chi connectivity index (χ1n) is 15.1. The first kappa shape index (κ1) is 26.5. The molecule has 1 saturated heterocycles. The number of piperazine rings is 1. The molecular formula is C33H44N4O2. The van der Waals surface area contributed by atoms with Crippen molar-refractivity contribution >= 4 is 23.1 Å². The second-order valence-electron chi connectivity index (χ2n) is 13.1. The Labute approximate surface area is 233 Å². The lowest BCUT2D eigenvalue weighted by molar-refractivity contribution is -0.129. The zero-order valence-corrected chi connectivity index (χ0v) is 24.1. The van der Waals surface area contributed by atoms with Crippen molar-refractivity contribution < 1.29 is 9.59 Å². The van der Waals surface area contributed by atoms with E-state index in [1.165, 1.54) is 11.1 Å². The normalized spacial score (nSPS) is 36.0. The van der Waals surface area contributed by atoms with E-state index in [1.807, 2.05) is 18.3 Å². The van der Waals surface area contributed by atoms with Crippen LogP contribution in [0.5, 0.6) is 0 Å². The van der Waals surface area contributed by atoms with Gasteiger partial charge in [0.1, 0.15) is 0 Å². The number of carbonyl (C=O) groups is 2. The number of aromatic nitrogens is 1. The first-order chi connectivity index (χ1) is 18.7. The lowest BCUT2D eigenvalue weighted by atomic mass is 9.52. The van der Waals surface area contributed by atoms with Gasteiger partial charge in [0.15, 0.2) is 17.4 Å². The van der Waals surface area contributed by atoms with Crippen molar-refractivity contribution in [1.82, 2.24) is 9.88 Å². The molecule has 0 bridgehead atoms. The van der Waals surface area contributed by atoms with Crippen LogP contribution in [0.4, 0.5) is 11.5 Å². The highest BCUT2D eigenvalue weighted by atomic mass is 16.1. The fraction of sp³-hybridized carbons (Fsp3) is 0.606. The fourth-order valence-corrected chi connectivity index (χ4v) is 8.99. The minimum absolute atomic E-state index is 0.0208. The van der Waals surface area contributed by atoms with Crippen LogP contribution in [0.3, 0.4) is 0 Å².